The lowest BCUT2D eigenvalue weighted by atomic mass is 9.74. The molecule has 0 aromatic heterocycles. The molecule has 0 aliphatic heterocycles. The molecule has 0 saturated heterocycles. The van der Waals surface area contributed by atoms with E-state index < -0.39 is 0 Å². The van der Waals surface area contributed by atoms with E-state index in [0.29, 0.717) is 23.5 Å². The molecule has 0 spiro atoms. The van der Waals surface area contributed by atoms with Gasteiger partial charge >= 0.3 is 0 Å². The summed E-state index contributed by atoms with van der Waals surface area (Å²) in [7, 11) is 0. The van der Waals surface area contributed by atoms with Crippen molar-refractivity contribution in [3.63, 3.8) is 0 Å². The first-order valence-electron chi connectivity index (χ1n) is 16.3. The van der Waals surface area contributed by atoms with Crippen LogP contribution in [0.2, 0.25) is 0 Å². The first kappa shape index (κ1) is 35.9. The fraction of sp³-hybridized carbons (Fsp3) is 1.00. The van der Waals surface area contributed by atoms with Gasteiger partial charge in [-0.25, -0.2) is 0 Å². The van der Waals surface area contributed by atoms with Gasteiger partial charge in [0.05, 0.1) is 19.8 Å². The van der Waals surface area contributed by atoms with Crippen molar-refractivity contribution in [1.82, 2.24) is 5.32 Å². The van der Waals surface area contributed by atoms with Crippen LogP contribution in [0.4, 0.5) is 0 Å². The molecule has 36 heavy (non-hydrogen) atoms. The Labute approximate surface area is 228 Å². The summed E-state index contributed by atoms with van der Waals surface area (Å²) >= 11 is 0. The molecule has 0 aromatic carbocycles. The van der Waals surface area contributed by atoms with E-state index in [1.165, 1.54) is 116 Å². The second-order valence-corrected chi connectivity index (χ2v) is 12.3. The molecule has 0 bridgehead atoms. The molecular formula is C33H69NO2. The third-order valence-corrected chi connectivity index (χ3v) is 8.65. The third kappa shape index (κ3) is 19.0. The van der Waals surface area contributed by atoms with E-state index in [1.54, 1.807) is 0 Å². The molecule has 0 saturated carbocycles. The van der Waals surface area contributed by atoms with Gasteiger partial charge in [-0.1, -0.05) is 119 Å². The van der Waals surface area contributed by atoms with Crippen molar-refractivity contribution in [2.45, 2.75) is 170 Å². The van der Waals surface area contributed by atoms with Crippen molar-refractivity contribution in [2.75, 3.05) is 33.0 Å². The number of ether oxygens (including phenoxy) is 2. The van der Waals surface area contributed by atoms with Crippen LogP contribution in [0.5, 0.6) is 0 Å². The lowest BCUT2D eigenvalue weighted by Crippen LogP contribution is -2.43. The highest BCUT2D eigenvalue weighted by molar-refractivity contribution is 4.85. The molecule has 0 aliphatic rings. The fourth-order valence-corrected chi connectivity index (χ4v) is 5.57. The molecule has 0 amide bonds. The Hall–Kier alpha value is -0.120. The predicted molar refractivity (Wildman–Crippen MR) is 161 cm³/mol. The van der Waals surface area contributed by atoms with E-state index in [1.807, 2.05) is 0 Å². The van der Waals surface area contributed by atoms with Gasteiger partial charge in [0.15, 0.2) is 0 Å². The Morgan fingerprint density at radius 3 is 1.61 bits per heavy atom. The highest BCUT2D eigenvalue weighted by Gasteiger charge is 2.29. The molecule has 0 aliphatic carbocycles. The number of nitrogens with one attached hydrogen (secondary N) is 1. The van der Waals surface area contributed by atoms with E-state index in [9.17, 15) is 0 Å². The highest BCUT2D eigenvalue weighted by atomic mass is 16.5. The monoisotopic (exact) mass is 512 g/mol. The van der Waals surface area contributed by atoms with Crippen LogP contribution in [-0.4, -0.2) is 39.0 Å². The largest absolute Gasteiger partial charge is 0.379 e. The minimum absolute atomic E-state index is 0.397. The Kier molecular flexibility index (Phi) is 23.9. The topological polar surface area (TPSA) is 30.5 Å². The normalized spacial score (nSPS) is 16.1. The predicted octanol–water partition coefficient (Wildman–Crippen LogP) is 10.1. The van der Waals surface area contributed by atoms with Crippen molar-refractivity contribution in [3.05, 3.63) is 0 Å². The maximum absolute atomic E-state index is 5.92. The summed E-state index contributed by atoms with van der Waals surface area (Å²) in [5, 5.41) is 3.78. The van der Waals surface area contributed by atoms with Crippen molar-refractivity contribution < 1.29 is 9.47 Å². The lowest BCUT2D eigenvalue weighted by molar-refractivity contribution is 0.0414. The minimum atomic E-state index is 0.397. The molecule has 0 radical (unpaired) electrons. The first-order chi connectivity index (χ1) is 17.4. The summed E-state index contributed by atoms with van der Waals surface area (Å²) in [4.78, 5) is 0. The molecule has 3 unspecified atom stereocenters. The average Bonchev–Trinajstić information content (AvgIpc) is 2.87. The van der Waals surface area contributed by atoms with Crippen LogP contribution in [0.3, 0.4) is 0 Å². The number of hydrogen-bond acceptors (Lipinski definition) is 3. The summed E-state index contributed by atoms with van der Waals surface area (Å²) in [6.45, 7) is 20.7. The van der Waals surface area contributed by atoms with Crippen LogP contribution in [0.25, 0.3) is 0 Å². The van der Waals surface area contributed by atoms with Crippen LogP contribution in [-0.2, 0) is 9.47 Å². The summed E-state index contributed by atoms with van der Waals surface area (Å²) in [6.07, 6.45) is 24.2. The molecule has 3 atom stereocenters. The molecule has 0 aromatic rings. The number of rotatable bonds is 28. The van der Waals surface area contributed by atoms with Crippen LogP contribution in [0.15, 0.2) is 0 Å². The first-order valence-corrected chi connectivity index (χ1v) is 16.3. The van der Waals surface area contributed by atoms with Crippen molar-refractivity contribution in [1.29, 1.82) is 0 Å². The van der Waals surface area contributed by atoms with Crippen LogP contribution in [0.1, 0.15) is 164 Å². The molecular weight excluding hydrogens is 442 g/mol. The van der Waals surface area contributed by atoms with Crippen LogP contribution in [0, 0.1) is 10.8 Å². The second-order valence-electron chi connectivity index (χ2n) is 12.3. The van der Waals surface area contributed by atoms with E-state index in [4.69, 9.17) is 9.47 Å². The molecule has 0 fully saturated rings. The van der Waals surface area contributed by atoms with Gasteiger partial charge in [-0.3, -0.25) is 0 Å². The smallest absolute Gasteiger partial charge is 0.0701 e. The van der Waals surface area contributed by atoms with E-state index in [-0.39, 0.29) is 0 Å². The number of unbranched alkanes of at least 4 members (excludes halogenated alkanes) is 8. The maximum Gasteiger partial charge on any atom is 0.0701 e. The van der Waals surface area contributed by atoms with Gasteiger partial charge in [0.25, 0.3) is 0 Å². The Balaban J connectivity index is 4.02. The van der Waals surface area contributed by atoms with Crippen molar-refractivity contribution in [3.8, 4) is 0 Å². The zero-order valence-corrected chi connectivity index (χ0v) is 26.2. The quantitative estimate of drug-likeness (QED) is 0.106. The zero-order valence-electron chi connectivity index (χ0n) is 26.2. The Bertz CT molecular complexity index is 457. The van der Waals surface area contributed by atoms with Crippen molar-refractivity contribution in [2.24, 2.45) is 10.8 Å². The summed E-state index contributed by atoms with van der Waals surface area (Å²) in [5.74, 6) is 0. The van der Waals surface area contributed by atoms with E-state index in [0.717, 1.165) is 26.4 Å². The van der Waals surface area contributed by atoms with Gasteiger partial charge in [0.2, 0.25) is 0 Å². The zero-order chi connectivity index (χ0) is 27.0. The minimum Gasteiger partial charge on any atom is -0.379 e. The summed E-state index contributed by atoms with van der Waals surface area (Å²) in [5.41, 5.74) is 0.905. The molecule has 3 nitrogen and oxygen atoms in total. The molecule has 1 N–H and O–H groups in total. The standard InChI is InChI=1S/C33H69NO2/c1-8-12-16-18-22-32(6,21-14-10-3)23-20-27-35-29-30-36-28-26-34-31(5)33(7,24-15-11-4)25-19-17-13-9-2/h31,34H,8-30H2,1-7H3. The average molecular weight is 512 g/mol. The van der Waals surface area contributed by atoms with Gasteiger partial charge in [-0.05, 0) is 56.3 Å². The SMILES string of the molecule is CCCCCCC(C)(CCCC)CCCOCCOCCNC(C)C(C)(CCCC)CCCCCC. The van der Waals surface area contributed by atoms with Gasteiger partial charge in [-0.2, -0.15) is 0 Å². The van der Waals surface area contributed by atoms with Gasteiger partial charge < -0.3 is 14.8 Å². The maximum atomic E-state index is 5.92. The van der Waals surface area contributed by atoms with Crippen LogP contribution >= 0.6 is 0 Å². The lowest BCUT2D eigenvalue weighted by Gasteiger charge is -2.37. The Morgan fingerprint density at radius 2 is 1.00 bits per heavy atom. The fourth-order valence-electron chi connectivity index (χ4n) is 5.57. The summed E-state index contributed by atoms with van der Waals surface area (Å²) < 4.78 is 11.8. The van der Waals surface area contributed by atoms with E-state index in [2.05, 4.69) is 53.8 Å². The molecule has 0 rings (SSSR count). The van der Waals surface area contributed by atoms with Crippen LogP contribution < -0.4 is 5.32 Å². The third-order valence-electron chi connectivity index (χ3n) is 8.65. The Morgan fingerprint density at radius 1 is 0.528 bits per heavy atom. The second kappa shape index (κ2) is 24.0. The van der Waals surface area contributed by atoms with E-state index >= 15 is 0 Å². The van der Waals surface area contributed by atoms with Gasteiger partial charge in [0, 0.05) is 19.2 Å². The van der Waals surface area contributed by atoms with Gasteiger partial charge in [0.1, 0.15) is 0 Å². The highest BCUT2D eigenvalue weighted by Crippen LogP contribution is 2.36. The summed E-state index contributed by atoms with van der Waals surface area (Å²) in [6, 6.07) is 0.537. The number of hydrogen-bond donors (Lipinski definition) is 1. The molecule has 218 valence electrons. The van der Waals surface area contributed by atoms with Crippen molar-refractivity contribution >= 4 is 0 Å². The molecule has 0 heterocycles. The van der Waals surface area contributed by atoms with Gasteiger partial charge in [-0.15, -0.1) is 0 Å². The molecule has 3 heteroatoms.